The van der Waals surface area contributed by atoms with E-state index in [1.54, 1.807) is 43.3 Å². The van der Waals surface area contributed by atoms with Gasteiger partial charge in [0.15, 0.2) is 17.3 Å². The van der Waals surface area contributed by atoms with E-state index in [-0.39, 0.29) is 17.0 Å². The number of hydrogen-bond donors (Lipinski definition) is 0. The fourth-order valence-electron chi connectivity index (χ4n) is 2.37. The maximum atomic E-state index is 12.3. The number of allylic oxidation sites excluding steroid dienone is 1. The van der Waals surface area contributed by atoms with Crippen LogP contribution in [0.2, 0.25) is 0 Å². The lowest BCUT2D eigenvalue weighted by molar-refractivity contribution is -0.385. The van der Waals surface area contributed by atoms with Gasteiger partial charge in [-0.05, 0) is 32.1 Å². The molecule has 0 unspecified atom stereocenters. The first-order chi connectivity index (χ1) is 12.0. The van der Waals surface area contributed by atoms with Gasteiger partial charge in [-0.15, -0.1) is 0 Å². The summed E-state index contributed by atoms with van der Waals surface area (Å²) < 4.78 is 10.9. The minimum absolute atomic E-state index is 0.0739. The molecular weight excluding hydrogens is 322 g/mol. The number of nitro benzene ring substituents is 1. The largest absolute Gasteiger partial charge is 0.492 e. The minimum atomic E-state index is -0.496. The molecule has 0 aliphatic heterocycles. The zero-order valence-electron chi connectivity index (χ0n) is 14.3. The number of rotatable bonds is 7. The van der Waals surface area contributed by atoms with Gasteiger partial charge in [0.2, 0.25) is 0 Å². The van der Waals surface area contributed by atoms with E-state index >= 15 is 0 Å². The molecule has 0 aliphatic carbocycles. The van der Waals surface area contributed by atoms with Crippen LogP contribution < -0.4 is 9.47 Å². The number of hydrogen-bond acceptors (Lipinski definition) is 5. The van der Waals surface area contributed by atoms with Crippen molar-refractivity contribution in [3.05, 3.63) is 69.3 Å². The number of benzene rings is 2. The lowest BCUT2D eigenvalue weighted by atomic mass is 10.1. The van der Waals surface area contributed by atoms with Gasteiger partial charge in [-0.1, -0.05) is 24.3 Å². The summed E-state index contributed by atoms with van der Waals surface area (Å²) in [5.74, 6) is 0.792. The third-order valence-corrected chi connectivity index (χ3v) is 3.62. The van der Waals surface area contributed by atoms with Crippen LogP contribution in [0.15, 0.2) is 42.5 Å². The highest BCUT2D eigenvalue weighted by Gasteiger charge is 2.14. The van der Waals surface area contributed by atoms with Crippen molar-refractivity contribution in [3.63, 3.8) is 0 Å². The molecule has 0 saturated heterocycles. The van der Waals surface area contributed by atoms with Crippen molar-refractivity contribution >= 4 is 17.5 Å². The molecule has 6 heteroatoms. The molecule has 0 saturated carbocycles. The number of methoxy groups -OCH3 is 1. The summed E-state index contributed by atoms with van der Waals surface area (Å²) in [5, 5.41) is 11.0. The van der Waals surface area contributed by atoms with Crippen LogP contribution in [0.5, 0.6) is 11.5 Å². The van der Waals surface area contributed by atoms with Crippen molar-refractivity contribution in [2.45, 2.75) is 13.8 Å². The summed E-state index contributed by atoms with van der Waals surface area (Å²) in [6.07, 6.45) is 2.97. The van der Waals surface area contributed by atoms with Crippen molar-refractivity contribution in [1.82, 2.24) is 0 Å². The smallest absolute Gasteiger partial charge is 0.273 e. The molecule has 0 aromatic heterocycles. The Morgan fingerprint density at radius 1 is 1.28 bits per heavy atom. The van der Waals surface area contributed by atoms with E-state index < -0.39 is 4.92 Å². The molecule has 0 aliphatic rings. The summed E-state index contributed by atoms with van der Waals surface area (Å²) >= 11 is 0. The third-order valence-electron chi connectivity index (χ3n) is 3.62. The standard InChI is InChI=1S/C19H19NO5/c1-4-25-18-7-5-6-14(19(18)24-3)10-11-17(21)15-9-8-13(2)16(12-15)20(22)23/h5-12H,4H2,1-3H3/b11-10+. The van der Waals surface area contributed by atoms with Gasteiger partial charge in [-0.25, -0.2) is 0 Å². The van der Waals surface area contributed by atoms with Crippen LogP contribution in [0.3, 0.4) is 0 Å². The number of ether oxygens (including phenoxy) is 2. The SMILES string of the molecule is CCOc1cccc(/C=C/C(=O)c2ccc(C)c([N+](=O)[O-])c2)c1OC. The molecule has 2 aromatic rings. The predicted molar refractivity (Wildman–Crippen MR) is 95.4 cm³/mol. The van der Waals surface area contributed by atoms with Gasteiger partial charge in [-0.3, -0.25) is 14.9 Å². The van der Waals surface area contributed by atoms with Crippen molar-refractivity contribution in [2.75, 3.05) is 13.7 Å². The normalized spacial score (nSPS) is 10.7. The average molecular weight is 341 g/mol. The minimum Gasteiger partial charge on any atom is -0.492 e. The first-order valence-corrected chi connectivity index (χ1v) is 7.75. The fraction of sp³-hybridized carbons (Fsp3) is 0.211. The average Bonchev–Trinajstić information content (AvgIpc) is 2.60. The van der Waals surface area contributed by atoms with Crippen LogP contribution in [0.4, 0.5) is 5.69 Å². The van der Waals surface area contributed by atoms with Crippen LogP contribution >= 0.6 is 0 Å². The van der Waals surface area contributed by atoms with Crippen molar-refractivity contribution in [2.24, 2.45) is 0 Å². The topological polar surface area (TPSA) is 78.7 Å². The van der Waals surface area contributed by atoms with E-state index in [9.17, 15) is 14.9 Å². The van der Waals surface area contributed by atoms with Crippen LogP contribution in [-0.2, 0) is 0 Å². The quantitative estimate of drug-likeness (QED) is 0.326. The zero-order valence-corrected chi connectivity index (χ0v) is 14.3. The Balaban J connectivity index is 2.31. The summed E-state index contributed by atoms with van der Waals surface area (Å²) in [4.78, 5) is 22.8. The highest BCUT2D eigenvalue weighted by Crippen LogP contribution is 2.32. The number of carbonyl (C=O) groups is 1. The van der Waals surface area contributed by atoms with Crippen LogP contribution in [0.1, 0.15) is 28.4 Å². The number of ketones is 1. The first kappa shape index (κ1) is 18.2. The highest BCUT2D eigenvalue weighted by molar-refractivity contribution is 6.07. The number of nitrogens with zero attached hydrogens (tertiary/aromatic N) is 1. The lowest BCUT2D eigenvalue weighted by Gasteiger charge is -2.11. The molecule has 25 heavy (non-hydrogen) atoms. The van der Waals surface area contributed by atoms with Gasteiger partial charge in [0, 0.05) is 22.8 Å². The van der Waals surface area contributed by atoms with Gasteiger partial charge < -0.3 is 9.47 Å². The Bertz CT molecular complexity index is 827. The molecule has 2 rings (SSSR count). The highest BCUT2D eigenvalue weighted by atomic mass is 16.6. The van der Waals surface area contributed by atoms with Crippen LogP contribution in [0.25, 0.3) is 6.08 Å². The maximum Gasteiger partial charge on any atom is 0.273 e. The number of para-hydroxylation sites is 1. The summed E-state index contributed by atoms with van der Waals surface area (Å²) in [5.41, 5.74) is 1.38. The molecule has 0 atom stereocenters. The molecule has 0 spiro atoms. The Morgan fingerprint density at radius 2 is 2.04 bits per heavy atom. The third kappa shape index (κ3) is 4.23. The maximum absolute atomic E-state index is 12.3. The summed E-state index contributed by atoms with van der Waals surface area (Å²) in [7, 11) is 1.53. The summed E-state index contributed by atoms with van der Waals surface area (Å²) in [6, 6.07) is 9.80. The molecule has 2 aromatic carbocycles. The molecule has 0 N–H and O–H groups in total. The van der Waals surface area contributed by atoms with E-state index in [4.69, 9.17) is 9.47 Å². The van der Waals surface area contributed by atoms with Crippen LogP contribution in [0, 0.1) is 17.0 Å². The fourth-order valence-corrected chi connectivity index (χ4v) is 2.37. The Hall–Kier alpha value is -3.15. The molecule has 0 amide bonds. The van der Waals surface area contributed by atoms with E-state index in [0.717, 1.165) is 0 Å². The lowest BCUT2D eigenvalue weighted by Crippen LogP contribution is -1.99. The number of nitro groups is 1. The van der Waals surface area contributed by atoms with E-state index in [1.807, 2.05) is 6.92 Å². The molecule has 0 heterocycles. The molecule has 130 valence electrons. The molecule has 0 bridgehead atoms. The van der Waals surface area contributed by atoms with Gasteiger partial charge >= 0.3 is 0 Å². The summed E-state index contributed by atoms with van der Waals surface area (Å²) in [6.45, 7) is 4.00. The Morgan fingerprint density at radius 3 is 2.68 bits per heavy atom. The van der Waals surface area contributed by atoms with Gasteiger partial charge in [0.1, 0.15) is 0 Å². The van der Waals surface area contributed by atoms with Gasteiger partial charge in [0.05, 0.1) is 18.6 Å². The molecule has 0 fully saturated rings. The Kier molecular flexibility index (Phi) is 5.89. The number of aryl methyl sites for hydroxylation is 1. The second-order valence-corrected chi connectivity index (χ2v) is 5.27. The molecular formula is C19H19NO5. The molecule has 0 radical (unpaired) electrons. The van der Waals surface area contributed by atoms with Gasteiger partial charge in [-0.2, -0.15) is 0 Å². The second-order valence-electron chi connectivity index (χ2n) is 5.27. The monoisotopic (exact) mass is 341 g/mol. The number of carbonyl (C=O) groups excluding carboxylic acids is 1. The zero-order chi connectivity index (χ0) is 18.4. The molecule has 6 nitrogen and oxygen atoms in total. The van der Waals surface area contributed by atoms with Crippen molar-refractivity contribution in [1.29, 1.82) is 0 Å². The first-order valence-electron chi connectivity index (χ1n) is 7.75. The van der Waals surface area contributed by atoms with Gasteiger partial charge in [0.25, 0.3) is 5.69 Å². The van der Waals surface area contributed by atoms with Crippen molar-refractivity contribution in [3.8, 4) is 11.5 Å². The Labute approximate surface area is 145 Å². The van der Waals surface area contributed by atoms with Crippen molar-refractivity contribution < 1.29 is 19.2 Å². The van der Waals surface area contributed by atoms with E-state index in [0.29, 0.717) is 29.2 Å². The second kappa shape index (κ2) is 8.10. The predicted octanol–water partition coefficient (Wildman–Crippen LogP) is 4.21. The van der Waals surface area contributed by atoms with E-state index in [2.05, 4.69) is 0 Å². The van der Waals surface area contributed by atoms with E-state index in [1.165, 1.54) is 19.3 Å². The van der Waals surface area contributed by atoms with Crippen LogP contribution in [-0.4, -0.2) is 24.4 Å².